The summed E-state index contributed by atoms with van der Waals surface area (Å²) in [6.45, 7) is 5.94. The van der Waals surface area contributed by atoms with Crippen molar-refractivity contribution < 1.29 is 9.59 Å². The molecule has 0 fully saturated rings. The lowest BCUT2D eigenvalue weighted by Gasteiger charge is -2.20. The Morgan fingerprint density at radius 1 is 0.938 bits per heavy atom. The third-order valence-electron chi connectivity index (χ3n) is 4.83. The molecule has 0 aliphatic heterocycles. The Kier molecular flexibility index (Phi) is 6.19. The standard InChI is InChI=1S/C25H26N4O2S/c1-25(2,3)28-23(31)16-32-24-27-20-12-6-7-14-21(20)29(24)15-22(30)26-19-13-8-10-17-9-4-5-11-18(17)19/h4-14H,15-16H2,1-3H3,(H,26,30)(H,28,31). The summed E-state index contributed by atoms with van der Waals surface area (Å²) >= 11 is 1.33. The van der Waals surface area contributed by atoms with E-state index in [4.69, 9.17) is 0 Å². The fourth-order valence-electron chi connectivity index (χ4n) is 3.57. The third-order valence-corrected chi connectivity index (χ3v) is 5.81. The van der Waals surface area contributed by atoms with Crippen molar-refractivity contribution in [2.24, 2.45) is 0 Å². The van der Waals surface area contributed by atoms with Crippen LogP contribution in [0.5, 0.6) is 0 Å². The highest BCUT2D eigenvalue weighted by molar-refractivity contribution is 7.99. The summed E-state index contributed by atoms with van der Waals surface area (Å²) in [7, 11) is 0. The summed E-state index contributed by atoms with van der Waals surface area (Å²) in [6.07, 6.45) is 0. The van der Waals surface area contributed by atoms with E-state index in [2.05, 4.69) is 15.6 Å². The van der Waals surface area contributed by atoms with Crippen LogP contribution in [0, 0.1) is 0 Å². The molecule has 164 valence electrons. The zero-order valence-electron chi connectivity index (χ0n) is 18.4. The molecular formula is C25H26N4O2S. The van der Waals surface area contributed by atoms with Crippen molar-refractivity contribution in [2.75, 3.05) is 11.1 Å². The van der Waals surface area contributed by atoms with Gasteiger partial charge in [0.2, 0.25) is 11.8 Å². The number of fused-ring (bicyclic) bond motifs is 2. The Hall–Kier alpha value is -3.32. The molecule has 0 saturated carbocycles. The van der Waals surface area contributed by atoms with Crippen LogP contribution in [0.2, 0.25) is 0 Å². The second-order valence-electron chi connectivity index (χ2n) is 8.63. The molecule has 6 nitrogen and oxygen atoms in total. The molecule has 3 aromatic carbocycles. The number of aromatic nitrogens is 2. The van der Waals surface area contributed by atoms with E-state index >= 15 is 0 Å². The number of benzene rings is 3. The Morgan fingerprint density at radius 3 is 2.47 bits per heavy atom. The average molecular weight is 447 g/mol. The van der Waals surface area contributed by atoms with E-state index in [1.165, 1.54) is 11.8 Å². The molecule has 4 aromatic rings. The lowest BCUT2D eigenvalue weighted by atomic mass is 10.1. The highest BCUT2D eigenvalue weighted by atomic mass is 32.2. The molecule has 0 aliphatic rings. The fourth-order valence-corrected chi connectivity index (χ4v) is 4.38. The van der Waals surface area contributed by atoms with Crippen molar-refractivity contribution in [1.82, 2.24) is 14.9 Å². The first-order valence-electron chi connectivity index (χ1n) is 10.5. The van der Waals surface area contributed by atoms with Gasteiger partial charge in [-0.1, -0.05) is 60.3 Å². The number of hydrogen-bond donors (Lipinski definition) is 2. The summed E-state index contributed by atoms with van der Waals surface area (Å²) in [6, 6.07) is 21.5. The topological polar surface area (TPSA) is 76.0 Å². The molecule has 0 unspecified atom stereocenters. The Morgan fingerprint density at radius 2 is 1.66 bits per heavy atom. The fraction of sp³-hybridized carbons (Fsp3) is 0.240. The summed E-state index contributed by atoms with van der Waals surface area (Å²) in [5, 5.41) is 8.70. The monoisotopic (exact) mass is 446 g/mol. The van der Waals surface area contributed by atoms with Crippen LogP contribution in [-0.4, -0.2) is 32.7 Å². The molecule has 4 rings (SSSR count). The van der Waals surface area contributed by atoms with E-state index < -0.39 is 0 Å². The molecule has 2 amide bonds. The summed E-state index contributed by atoms with van der Waals surface area (Å²) in [4.78, 5) is 30.0. The van der Waals surface area contributed by atoms with E-state index in [0.29, 0.717) is 5.16 Å². The molecule has 32 heavy (non-hydrogen) atoms. The van der Waals surface area contributed by atoms with Crippen molar-refractivity contribution in [3.63, 3.8) is 0 Å². The number of carbonyl (C=O) groups excluding carboxylic acids is 2. The largest absolute Gasteiger partial charge is 0.351 e. The van der Waals surface area contributed by atoms with Gasteiger partial charge < -0.3 is 15.2 Å². The first-order valence-corrected chi connectivity index (χ1v) is 11.5. The number of para-hydroxylation sites is 2. The highest BCUT2D eigenvalue weighted by Crippen LogP contribution is 2.26. The highest BCUT2D eigenvalue weighted by Gasteiger charge is 2.18. The Balaban J connectivity index is 1.55. The van der Waals surface area contributed by atoms with Crippen molar-refractivity contribution in [2.45, 2.75) is 38.0 Å². The van der Waals surface area contributed by atoms with Crippen molar-refractivity contribution >= 4 is 51.1 Å². The predicted molar refractivity (Wildman–Crippen MR) is 131 cm³/mol. The third kappa shape index (κ3) is 5.11. The lowest BCUT2D eigenvalue weighted by Crippen LogP contribution is -2.41. The van der Waals surface area contributed by atoms with E-state index in [1.807, 2.05) is 92.1 Å². The van der Waals surface area contributed by atoms with Gasteiger partial charge in [0, 0.05) is 16.6 Å². The van der Waals surface area contributed by atoms with E-state index in [9.17, 15) is 9.59 Å². The van der Waals surface area contributed by atoms with Crippen LogP contribution in [0.25, 0.3) is 21.8 Å². The molecule has 7 heteroatoms. The first-order chi connectivity index (χ1) is 15.3. The number of nitrogens with zero attached hydrogens (tertiary/aromatic N) is 2. The Bertz CT molecular complexity index is 1280. The van der Waals surface area contributed by atoms with Gasteiger partial charge in [0.05, 0.1) is 16.8 Å². The quantitative estimate of drug-likeness (QED) is 0.416. The van der Waals surface area contributed by atoms with E-state index in [1.54, 1.807) is 0 Å². The normalized spacial score (nSPS) is 11.6. The van der Waals surface area contributed by atoms with Crippen LogP contribution in [0.3, 0.4) is 0 Å². The SMILES string of the molecule is CC(C)(C)NC(=O)CSc1nc2ccccc2n1CC(=O)Nc1cccc2ccccc12. The number of imidazole rings is 1. The van der Waals surface area contributed by atoms with Gasteiger partial charge in [0.25, 0.3) is 0 Å². The van der Waals surface area contributed by atoms with Crippen LogP contribution in [-0.2, 0) is 16.1 Å². The van der Waals surface area contributed by atoms with Gasteiger partial charge in [-0.2, -0.15) is 0 Å². The average Bonchev–Trinajstić information content (AvgIpc) is 3.09. The number of rotatable bonds is 6. The lowest BCUT2D eigenvalue weighted by molar-refractivity contribution is -0.120. The van der Waals surface area contributed by atoms with E-state index in [0.717, 1.165) is 27.5 Å². The van der Waals surface area contributed by atoms with Crippen LogP contribution < -0.4 is 10.6 Å². The molecule has 0 aliphatic carbocycles. The maximum Gasteiger partial charge on any atom is 0.244 e. The second-order valence-corrected chi connectivity index (χ2v) is 9.57. The van der Waals surface area contributed by atoms with Gasteiger partial charge in [-0.15, -0.1) is 0 Å². The molecule has 0 spiro atoms. The maximum atomic E-state index is 13.0. The minimum atomic E-state index is -0.296. The summed E-state index contributed by atoms with van der Waals surface area (Å²) in [5.74, 6) is 0.0118. The van der Waals surface area contributed by atoms with Crippen LogP contribution in [0.15, 0.2) is 71.9 Å². The number of thioether (sulfide) groups is 1. The summed E-state index contributed by atoms with van der Waals surface area (Å²) < 4.78 is 1.87. The van der Waals surface area contributed by atoms with Gasteiger partial charge in [-0.3, -0.25) is 9.59 Å². The number of carbonyl (C=O) groups is 2. The number of amides is 2. The smallest absolute Gasteiger partial charge is 0.244 e. The first kappa shape index (κ1) is 21.9. The summed E-state index contributed by atoms with van der Waals surface area (Å²) in [5.41, 5.74) is 2.13. The van der Waals surface area contributed by atoms with Crippen LogP contribution >= 0.6 is 11.8 Å². The molecular weight excluding hydrogens is 420 g/mol. The van der Waals surface area contributed by atoms with Crippen molar-refractivity contribution in [3.8, 4) is 0 Å². The zero-order chi connectivity index (χ0) is 22.7. The van der Waals surface area contributed by atoms with Crippen LogP contribution in [0.1, 0.15) is 20.8 Å². The number of hydrogen-bond acceptors (Lipinski definition) is 4. The molecule has 0 bridgehead atoms. The van der Waals surface area contributed by atoms with Gasteiger partial charge in [0.15, 0.2) is 5.16 Å². The van der Waals surface area contributed by atoms with Crippen LogP contribution in [0.4, 0.5) is 5.69 Å². The minimum Gasteiger partial charge on any atom is -0.351 e. The molecule has 2 N–H and O–H groups in total. The van der Waals surface area contributed by atoms with Gasteiger partial charge >= 0.3 is 0 Å². The van der Waals surface area contributed by atoms with Gasteiger partial charge in [-0.05, 0) is 44.4 Å². The zero-order valence-corrected chi connectivity index (χ0v) is 19.2. The molecule has 1 heterocycles. The van der Waals surface area contributed by atoms with Crippen molar-refractivity contribution in [3.05, 3.63) is 66.7 Å². The molecule has 1 aromatic heterocycles. The van der Waals surface area contributed by atoms with Gasteiger partial charge in [0.1, 0.15) is 6.54 Å². The van der Waals surface area contributed by atoms with Crippen molar-refractivity contribution in [1.29, 1.82) is 0 Å². The minimum absolute atomic E-state index is 0.0682. The molecule has 0 atom stereocenters. The number of nitrogens with one attached hydrogen (secondary N) is 2. The van der Waals surface area contributed by atoms with Gasteiger partial charge in [-0.25, -0.2) is 4.98 Å². The molecule has 0 radical (unpaired) electrons. The second kappa shape index (κ2) is 9.04. The predicted octanol–water partition coefficient (Wildman–Crippen LogP) is 4.84. The Labute approximate surface area is 191 Å². The number of anilines is 1. The van der Waals surface area contributed by atoms with E-state index in [-0.39, 0.29) is 29.7 Å². The maximum absolute atomic E-state index is 13.0. The molecule has 0 saturated heterocycles.